The van der Waals surface area contributed by atoms with Crippen LogP contribution in [0.15, 0.2) is 42.5 Å². The maximum absolute atomic E-state index is 12.3. The van der Waals surface area contributed by atoms with Crippen molar-refractivity contribution in [3.8, 4) is 0 Å². The van der Waals surface area contributed by atoms with Gasteiger partial charge in [0.25, 0.3) is 5.91 Å². The number of nitrogens with zero attached hydrogens (tertiary/aromatic N) is 1. The summed E-state index contributed by atoms with van der Waals surface area (Å²) in [6, 6.07) is 12.3. The quantitative estimate of drug-likeness (QED) is 0.710. The average molecular weight is 334 g/mol. The van der Waals surface area contributed by atoms with Gasteiger partial charge in [-0.25, -0.2) is 4.98 Å². The monoisotopic (exact) mass is 333 g/mol. The van der Waals surface area contributed by atoms with Crippen molar-refractivity contribution < 1.29 is 9.90 Å². The van der Waals surface area contributed by atoms with Gasteiger partial charge in [0.15, 0.2) is 0 Å². The SMILES string of the molecule is CNc1cc(C(=O)NC(C)CC(O)c2ccccc2)cc(Cl)n1. The first-order chi connectivity index (χ1) is 11.0. The number of benzene rings is 1. The molecule has 2 rings (SSSR count). The van der Waals surface area contributed by atoms with Gasteiger partial charge in [0.1, 0.15) is 11.0 Å². The molecule has 23 heavy (non-hydrogen) atoms. The summed E-state index contributed by atoms with van der Waals surface area (Å²) in [5, 5.41) is 16.2. The van der Waals surface area contributed by atoms with E-state index >= 15 is 0 Å². The Kier molecular flexibility index (Phi) is 5.96. The molecule has 3 N–H and O–H groups in total. The van der Waals surface area contributed by atoms with Crippen molar-refractivity contribution >= 4 is 23.3 Å². The van der Waals surface area contributed by atoms with E-state index in [1.165, 1.54) is 6.07 Å². The second kappa shape index (κ2) is 7.94. The van der Waals surface area contributed by atoms with E-state index in [1.807, 2.05) is 37.3 Å². The van der Waals surface area contributed by atoms with E-state index < -0.39 is 6.10 Å². The van der Waals surface area contributed by atoms with Crippen LogP contribution < -0.4 is 10.6 Å². The van der Waals surface area contributed by atoms with Gasteiger partial charge in [0, 0.05) is 18.7 Å². The van der Waals surface area contributed by atoms with Crippen molar-refractivity contribution in [2.45, 2.75) is 25.5 Å². The number of carbonyl (C=O) groups is 1. The molecule has 0 aliphatic rings. The highest BCUT2D eigenvalue weighted by molar-refractivity contribution is 6.29. The Labute approximate surface area is 140 Å². The Balaban J connectivity index is 1.98. The molecule has 122 valence electrons. The van der Waals surface area contributed by atoms with Gasteiger partial charge in [-0.05, 0) is 31.0 Å². The number of hydrogen-bond acceptors (Lipinski definition) is 4. The number of carbonyl (C=O) groups excluding carboxylic acids is 1. The maximum Gasteiger partial charge on any atom is 0.251 e. The molecule has 6 heteroatoms. The van der Waals surface area contributed by atoms with Crippen LogP contribution in [0.2, 0.25) is 5.15 Å². The van der Waals surface area contributed by atoms with Gasteiger partial charge in [-0.1, -0.05) is 41.9 Å². The molecule has 0 spiro atoms. The summed E-state index contributed by atoms with van der Waals surface area (Å²) < 4.78 is 0. The van der Waals surface area contributed by atoms with Gasteiger partial charge >= 0.3 is 0 Å². The largest absolute Gasteiger partial charge is 0.388 e. The minimum absolute atomic E-state index is 0.192. The number of hydrogen-bond donors (Lipinski definition) is 3. The van der Waals surface area contributed by atoms with Crippen LogP contribution in [0.1, 0.15) is 35.4 Å². The topological polar surface area (TPSA) is 74.2 Å². The lowest BCUT2D eigenvalue weighted by atomic mass is 10.0. The summed E-state index contributed by atoms with van der Waals surface area (Å²) in [5.74, 6) is 0.276. The number of anilines is 1. The van der Waals surface area contributed by atoms with Crippen LogP contribution in [0.4, 0.5) is 5.82 Å². The fraction of sp³-hybridized carbons (Fsp3) is 0.294. The zero-order valence-electron chi connectivity index (χ0n) is 13.1. The predicted octanol–water partition coefficient (Wildman–Crippen LogP) is 3.02. The molecule has 1 aromatic heterocycles. The number of pyridine rings is 1. The highest BCUT2D eigenvalue weighted by Gasteiger charge is 2.16. The molecule has 1 amide bonds. The summed E-state index contributed by atoms with van der Waals surface area (Å²) in [5.41, 5.74) is 1.26. The van der Waals surface area contributed by atoms with E-state index in [9.17, 15) is 9.90 Å². The molecule has 1 heterocycles. The third-order valence-corrected chi connectivity index (χ3v) is 3.64. The van der Waals surface area contributed by atoms with Crippen LogP contribution in [0.5, 0.6) is 0 Å². The Hall–Kier alpha value is -2.11. The molecule has 0 saturated carbocycles. The first-order valence-corrected chi connectivity index (χ1v) is 7.76. The number of nitrogens with one attached hydrogen (secondary N) is 2. The van der Waals surface area contributed by atoms with Gasteiger partial charge in [-0.3, -0.25) is 4.79 Å². The third kappa shape index (κ3) is 4.94. The van der Waals surface area contributed by atoms with Gasteiger partial charge in [-0.15, -0.1) is 0 Å². The number of aliphatic hydroxyl groups is 1. The van der Waals surface area contributed by atoms with E-state index in [-0.39, 0.29) is 17.1 Å². The molecular weight excluding hydrogens is 314 g/mol. The fourth-order valence-electron chi connectivity index (χ4n) is 2.27. The van der Waals surface area contributed by atoms with Crippen molar-refractivity contribution in [3.63, 3.8) is 0 Å². The molecule has 2 aromatic rings. The van der Waals surface area contributed by atoms with E-state index in [4.69, 9.17) is 11.6 Å². The van der Waals surface area contributed by atoms with Gasteiger partial charge in [0.2, 0.25) is 0 Å². The Morgan fingerprint density at radius 3 is 2.65 bits per heavy atom. The van der Waals surface area contributed by atoms with E-state index in [2.05, 4.69) is 15.6 Å². The lowest BCUT2D eigenvalue weighted by Gasteiger charge is -2.18. The molecule has 0 bridgehead atoms. The van der Waals surface area contributed by atoms with Crippen molar-refractivity contribution in [1.82, 2.24) is 10.3 Å². The lowest BCUT2D eigenvalue weighted by Crippen LogP contribution is -2.33. The second-order valence-electron chi connectivity index (χ2n) is 5.35. The molecule has 5 nitrogen and oxygen atoms in total. The zero-order chi connectivity index (χ0) is 16.8. The fourth-order valence-corrected chi connectivity index (χ4v) is 2.48. The smallest absolute Gasteiger partial charge is 0.251 e. The Morgan fingerprint density at radius 2 is 2.00 bits per heavy atom. The molecule has 1 aromatic carbocycles. The third-order valence-electron chi connectivity index (χ3n) is 3.45. The van der Waals surface area contributed by atoms with Crippen LogP contribution in [0.25, 0.3) is 0 Å². The van der Waals surface area contributed by atoms with E-state index in [0.29, 0.717) is 17.8 Å². The van der Waals surface area contributed by atoms with Gasteiger partial charge in [0.05, 0.1) is 6.10 Å². The molecular formula is C17H20ClN3O2. The van der Waals surface area contributed by atoms with Crippen LogP contribution in [0, 0.1) is 0 Å². The molecule has 0 fully saturated rings. The first-order valence-electron chi connectivity index (χ1n) is 7.39. The van der Waals surface area contributed by atoms with Crippen molar-refractivity contribution in [2.24, 2.45) is 0 Å². The molecule has 2 unspecified atom stereocenters. The van der Waals surface area contributed by atoms with E-state index in [0.717, 1.165) is 5.56 Å². The van der Waals surface area contributed by atoms with Crippen LogP contribution in [-0.4, -0.2) is 29.1 Å². The molecule has 2 atom stereocenters. The highest BCUT2D eigenvalue weighted by atomic mass is 35.5. The van der Waals surface area contributed by atoms with Gasteiger partial charge in [-0.2, -0.15) is 0 Å². The van der Waals surface area contributed by atoms with Crippen molar-refractivity contribution in [3.05, 3.63) is 58.7 Å². The lowest BCUT2D eigenvalue weighted by molar-refractivity contribution is 0.0917. The van der Waals surface area contributed by atoms with Gasteiger partial charge < -0.3 is 15.7 Å². The molecule has 0 radical (unpaired) electrons. The van der Waals surface area contributed by atoms with Crippen molar-refractivity contribution in [2.75, 3.05) is 12.4 Å². The van der Waals surface area contributed by atoms with Crippen LogP contribution >= 0.6 is 11.6 Å². The zero-order valence-corrected chi connectivity index (χ0v) is 13.8. The minimum atomic E-state index is -0.625. The summed E-state index contributed by atoms with van der Waals surface area (Å²) in [6.07, 6.45) is -0.201. The normalized spacial score (nSPS) is 13.2. The average Bonchev–Trinajstić information content (AvgIpc) is 2.54. The second-order valence-corrected chi connectivity index (χ2v) is 5.74. The number of aliphatic hydroxyl groups excluding tert-OH is 1. The number of halogens is 1. The van der Waals surface area contributed by atoms with Crippen molar-refractivity contribution in [1.29, 1.82) is 0 Å². The van der Waals surface area contributed by atoms with Crippen LogP contribution in [-0.2, 0) is 0 Å². The Bertz CT molecular complexity index is 664. The molecule has 0 aliphatic carbocycles. The highest BCUT2D eigenvalue weighted by Crippen LogP contribution is 2.18. The van der Waals surface area contributed by atoms with Crippen LogP contribution in [0.3, 0.4) is 0 Å². The number of rotatable bonds is 6. The number of amides is 1. The molecule has 0 aliphatic heterocycles. The predicted molar refractivity (Wildman–Crippen MR) is 91.7 cm³/mol. The number of aromatic nitrogens is 1. The Morgan fingerprint density at radius 1 is 1.30 bits per heavy atom. The minimum Gasteiger partial charge on any atom is -0.388 e. The summed E-state index contributed by atoms with van der Waals surface area (Å²) in [7, 11) is 1.71. The summed E-state index contributed by atoms with van der Waals surface area (Å²) in [6.45, 7) is 1.85. The van der Waals surface area contributed by atoms with E-state index in [1.54, 1.807) is 13.1 Å². The standard InChI is InChI=1S/C17H20ClN3O2/c1-11(8-14(22)12-6-4-3-5-7-12)20-17(23)13-9-15(18)21-16(10-13)19-2/h3-7,9-11,14,22H,8H2,1-2H3,(H,19,21)(H,20,23). The maximum atomic E-state index is 12.3. The summed E-state index contributed by atoms with van der Waals surface area (Å²) in [4.78, 5) is 16.3. The molecule has 0 saturated heterocycles. The summed E-state index contributed by atoms with van der Waals surface area (Å²) >= 11 is 5.90. The first kappa shape index (κ1) is 17.2.